The minimum absolute atomic E-state index is 0.395. The van der Waals surface area contributed by atoms with Gasteiger partial charge in [0.15, 0.2) is 0 Å². The molecule has 2 rings (SSSR count). The Bertz CT molecular complexity index is 320. The van der Waals surface area contributed by atoms with Crippen LogP contribution in [0.5, 0.6) is 0 Å². The zero-order valence-corrected chi connectivity index (χ0v) is 9.23. The Hall–Kier alpha value is -0.670. The van der Waals surface area contributed by atoms with E-state index in [0.717, 1.165) is 18.8 Å². The summed E-state index contributed by atoms with van der Waals surface area (Å²) in [5.74, 6) is 0. The number of nitrogens with one attached hydrogen (secondary N) is 1. The minimum Gasteiger partial charge on any atom is -0.316 e. The largest absolute Gasteiger partial charge is 0.316 e. The molecule has 1 aromatic heterocycles. The van der Waals surface area contributed by atoms with Gasteiger partial charge in [-0.25, -0.2) is 4.39 Å². The van der Waals surface area contributed by atoms with Crippen LogP contribution in [0.1, 0.15) is 18.5 Å². The van der Waals surface area contributed by atoms with Crippen molar-refractivity contribution in [3.05, 3.63) is 29.0 Å². The van der Waals surface area contributed by atoms with Crippen LogP contribution in [0.3, 0.4) is 0 Å². The van der Waals surface area contributed by atoms with Crippen LogP contribution in [-0.4, -0.2) is 23.7 Å². The molecular formula is C11H14ClFN2. The van der Waals surface area contributed by atoms with Crippen molar-refractivity contribution >= 4 is 11.6 Å². The summed E-state index contributed by atoms with van der Waals surface area (Å²) in [6.07, 6.45) is 3.10. The van der Waals surface area contributed by atoms with Crippen LogP contribution >= 0.6 is 11.6 Å². The second-order valence-electron chi connectivity index (χ2n) is 4.05. The normalized spacial score (nSPS) is 20.1. The Morgan fingerprint density at radius 3 is 2.73 bits per heavy atom. The topological polar surface area (TPSA) is 24.9 Å². The third-order valence-electron chi connectivity index (χ3n) is 2.79. The van der Waals surface area contributed by atoms with Crippen molar-refractivity contribution in [2.75, 3.05) is 13.1 Å². The van der Waals surface area contributed by atoms with Gasteiger partial charge in [0.05, 0.1) is 5.02 Å². The summed E-state index contributed by atoms with van der Waals surface area (Å²) in [4.78, 5) is 4.13. The highest BCUT2D eigenvalue weighted by Crippen LogP contribution is 2.27. The summed E-state index contributed by atoms with van der Waals surface area (Å²) in [5, 5.41) is 3.75. The van der Waals surface area contributed by atoms with Crippen molar-refractivity contribution in [1.82, 2.24) is 10.3 Å². The molecular weight excluding hydrogens is 215 g/mol. The fourth-order valence-corrected chi connectivity index (χ4v) is 2.00. The molecule has 0 atom stereocenters. The predicted octanol–water partition coefficient (Wildman–Crippen LogP) is 2.37. The molecule has 1 aliphatic heterocycles. The van der Waals surface area contributed by atoms with Crippen molar-refractivity contribution < 1.29 is 4.39 Å². The van der Waals surface area contributed by atoms with Gasteiger partial charge >= 0.3 is 0 Å². The highest BCUT2D eigenvalue weighted by molar-refractivity contribution is 6.30. The van der Waals surface area contributed by atoms with Gasteiger partial charge in [-0.15, -0.1) is 0 Å². The average molecular weight is 229 g/mol. The van der Waals surface area contributed by atoms with Crippen molar-refractivity contribution in [2.45, 2.75) is 24.9 Å². The van der Waals surface area contributed by atoms with Crippen molar-refractivity contribution in [3.63, 3.8) is 0 Å². The zero-order valence-electron chi connectivity index (χ0n) is 8.47. The lowest BCUT2D eigenvalue weighted by Gasteiger charge is -2.29. The Kier molecular flexibility index (Phi) is 3.22. The van der Waals surface area contributed by atoms with Gasteiger partial charge in [0, 0.05) is 18.3 Å². The molecule has 82 valence electrons. The SMILES string of the molecule is FC1(Cc2ccc(Cl)cn2)CCNCC1. The molecule has 0 aliphatic carbocycles. The van der Waals surface area contributed by atoms with Crippen LogP contribution in [0.25, 0.3) is 0 Å². The number of halogens is 2. The molecule has 0 unspecified atom stereocenters. The van der Waals surface area contributed by atoms with Crippen molar-refractivity contribution in [3.8, 4) is 0 Å². The lowest BCUT2D eigenvalue weighted by molar-refractivity contribution is 0.115. The fraction of sp³-hybridized carbons (Fsp3) is 0.545. The van der Waals surface area contributed by atoms with Gasteiger partial charge < -0.3 is 5.32 Å². The number of hydrogen-bond acceptors (Lipinski definition) is 2. The van der Waals surface area contributed by atoms with E-state index in [1.54, 1.807) is 18.3 Å². The van der Waals surface area contributed by atoms with E-state index < -0.39 is 5.67 Å². The predicted molar refractivity (Wildman–Crippen MR) is 58.9 cm³/mol. The van der Waals surface area contributed by atoms with Crippen LogP contribution in [0, 0.1) is 0 Å². The number of aromatic nitrogens is 1. The first kappa shape index (κ1) is 10.8. The van der Waals surface area contributed by atoms with Crippen LogP contribution in [0.2, 0.25) is 5.02 Å². The molecule has 1 aromatic rings. The first-order valence-corrected chi connectivity index (χ1v) is 5.56. The fourth-order valence-electron chi connectivity index (χ4n) is 1.89. The minimum atomic E-state index is -1.09. The molecule has 15 heavy (non-hydrogen) atoms. The van der Waals surface area contributed by atoms with E-state index >= 15 is 0 Å². The van der Waals surface area contributed by atoms with Gasteiger partial charge in [-0.3, -0.25) is 4.98 Å². The highest BCUT2D eigenvalue weighted by atomic mass is 35.5. The maximum atomic E-state index is 14.2. The van der Waals surface area contributed by atoms with E-state index in [0.29, 0.717) is 24.3 Å². The first-order valence-electron chi connectivity index (χ1n) is 5.18. The number of piperidine rings is 1. The Morgan fingerprint density at radius 1 is 1.40 bits per heavy atom. The maximum absolute atomic E-state index is 14.2. The molecule has 1 saturated heterocycles. The summed E-state index contributed by atoms with van der Waals surface area (Å²) in [7, 11) is 0. The first-order chi connectivity index (χ1) is 7.18. The van der Waals surface area contributed by atoms with E-state index in [1.165, 1.54) is 0 Å². The van der Waals surface area contributed by atoms with Gasteiger partial charge in [-0.1, -0.05) is 11.6 Å². The maximum Gasteiger partial charge on any atom is 0.119 e. The number of hydrogen-bond donors (Lipinski definition) is 1. The molecule has 1 N–H and O–H groups in total. The van der Waals surface area contributed by atoms with Crippen LogP contribution in [0.15, 0.2) is 18.3 Å². The monoisotopic (exact) mass is 228 g/mol. The second-order valence-corrected chi connectivity index (χ2v) is 4.48. The molecule has 0 saturated carbocycles. The molecule has 0 spiro atoms. The van der Waals surface area contributed by atoms with E-state index in [4.69, 9.17) is 11.6 Å². The Morgan fingerprint density at radius 2 is 2.13 bits per heavy atom. The van der Waals surface area contributed by atoms with Gasteiger partial charge in [0.1, 0.15) is 5.67 Å². The van der Waals surface area contributed by atoms with Gasteiger partial charge in [-0.2, -0.15) is 0 Å². The van der Waals surface area contributed by atoms with Gasteiger partial charge in [0.25, 0.3) is 0 Å². The summed E-state index contributed by atoms with van der Waals surface area (Å²) < 4.78 is 14.2. The highest BCUT2D eigenvalue weighted by Gasteiger charge is 2.32. The van der Waals surface area contributed by atoms with Gasteiger partial charge in [-0.05, 0) is 38.1 Å². The summed E-state index contributed by atoms with van der Waals surface area (Å²) in [6.45, 7) is 1.51. The quantitative estimate of drug-likeness (QED) is 0.841. The zero-order chi connectivity index (χ0) is 10.7. The Balaban J connectivity index is 2.03. The van der Waals surface area contributed by atoms with Gasteiger partial charge in [0.2, 0.25) is 0 Å². The second kappa shape index (κ2) is 4.45. The van der Waals surface area contributed by atoms with Crippen LogP contribution in [-0.2, 0) is 6.42 Å². The van der Waals surface area contributed by atoms with E-state index in [2.05, 4.69) is 10.3 Å². The van der Waals surface area contributed by atoms with E-state index in [1.807, 2.05) is 0 Å². The molecule has 4 heteroatoms. The third-order valence-corrected chi connectivity index (χ3v) is 3.01. The molecule has 0 aromatic carbocycles. The van der Waals surface area contributed by atoms with E-state index in [-0.39, 0.29) is 0 Å². The lowest BCUT2D eigenvalue weighted by atomic mass is 9.89. The van der Waals surface area contributed by atoms with Crippen molar-refractivity contribution in [1.29, 1.82) is 0 Å². The number of pyridine rings is 1. The van der Waals surface area contributed by atoms with Crippen molar-refractivity contribution in [2.24, 2.45) is 0 Å². The smallest absolute Gasteiger partial charge is 0.119 e. The summed E-state index contributed by atoms with van der Waals surface area (Å²) in [6, 6.07) is 3.56. The average Bonchev–Trinajstić information content (AvgIpc) is 2.22. The molecule has 0 radical (unpaired) electrons. The molecule has 2 nitrogen and oxygen atoms in total. The third kappa shape index (κ3) is 2.89. The standard InChI is InChI=1S/C11H14ClFN2/c12-9-1-2-10(15-8-9)7-11(13)3-5-14-6-4-11/h1-2,8,14H,3-7H2. The summed E-state index contributed by atoms with van der Waals surface area (Å²) >= 11 is 5.72. The van der Waals surface area contributed by atoms with E-state index in [9.17, 15) is 4.39 Å². The molecule has 0 amide bonds. The number of rotatable bonds is 2. The lowest BCUT2D eigenvalue weighted by Crippen LogP contribution is -2.40. The number of nitrogens with zero attached hydrogens (tertiary/aromatic N) is 1. The molecule has 2 heterocycles. The Labute approximate surface area is 93.9 Å². The summed E-state index contributed by atoms with van der Waals surface area (Å²) in [5.41, 5.74) is -0.310. The number of alkyl halides is 1. The molecule has 0 bridgehead atoms. The molecule has 1 aliphatic rings. The molecule has 1 fully saturated rings. The van der Waals surface area contributed by atoms with Crippen LogP contribution < -0.4 is 5.32 Å². The van der Waals surface area contributed by atoms with Crippen LogP contribution in [0.4, 0.5) is 4.39 Å².